The molecule has 0 aliphatic carbocycles. The number of hydrogen-bond donors (Lipinski definition) is 2. The number of nitrogens with zero attached hydrogens (tertiary/aromatic N) is 4. The van der Waals surface area contributed by atoms with Gasteiger partial charge in [0.05, 0.1) is 23.6 Å². The molecule has 3 aromatic rings. The summed E-state index contributed by atoms with van der Waals surface area (Å²) in [5.41, 5.74) is 0.809. The second kappa shape index (κ2) is 8.46. The lowest BCUT2D eigenvalue weighted by Crippen LogP contribution is -2.33. The van der Waals surface area contributed by atoms with Gasteiger partial charge in [-0.05, 0) is 25.0 Å². The number of aromatic nitrogens is 4. The monoisotopic (exact) mass is 410 g/mol. The molecule has 1 aliphatic rings. The molecule has 30 heavy (non-hydrogen) atoms. The molecule has 10 heteroatoms. The number of rotatable bonds is 6. The number of benzene rings is 1. The molecule has 2 aromatic heterocycles. The van der Waals surface area contributed by atoms with Crippen LogP contribution in [-0.2, 0) is 23.1 Å². The van der Waals surface area contributed by atoms with Crippen LogP contribution in [0.25, 0.3) is 11.0 Å². The Hall–Kier alpha value is -3.53. The predicted octanol–water partition coefficient (Wildman–Crippen LogP) is 0.677. The van der Waals surface area contributed by atoms with Gasteiger partial charge < -0.3 is 15.4 Å². The molecule has 1 unspecified atom stereocenters. The largest absolute Gasteiger partial charge is 0.376 e. The van der Waals surface area contributed by atoms with Crippen LogP contribution in [0.5, 0.6) is 0 Å². The number of anilines is 1. The van der Waals surface area contributed by atoms with Crippen molar-refractivity contribution in [2.75, 3.05) is 18.5 Å². The van der Waals surface area contributed by atoms with Gasteiger partial charge in [-0.2, -0.15) is 5.10 Å². The van der Waals surface area contributed by atoms with Crippen molar-refractivity contribution in [2.45, 2.75) is 25.5 Å². The third kappa shape index (κ3) is 4.08. The average molecular weight is 410 g/mol. The van der Waals surface area contributed by atoms with Gasteiger partial charge in [0.15, 0.2) is 5.65 Å². The van der Waals surface area contributed by atoms with Gasteiger partial charge in [-0.25, -0.2) is 4.98 Å². The summed E-state index contributed by atoms with van der Waals surface area (Å²) in [5.74, 6) is -0.737. The summed E-state index contributed by atoms with van der Waals surface area (Å²) in [4.78, 5) is 41.8. The highest BCUT2D eigenvalue weighted by Crippen LogP contribution is 2.16. The topological polar surface area (TPSA) is 120 Å². The summed E-state index contributed by atoms with van der Waals surface area (Å²) in [6.07, 6.45) is 4.67. The predicted molar refractivity (Wildman–Crippen MR) is 109 cm³/mol. The molecule has 1 aliphatic heterocycles. The number of ether oxygens (including phenoxy) is 1. The Morgan fingerprint density at radius 2 is 2.13 bits per heavy atom. The zero-order valence-corrected chi connectivity index (χ0v) is 16.5. The Morgan fingerprint density at radius 3 is 2.93 bits per heavy atom. The number of amides is 2. The molecule has 2 amide bonds. The van der Waals surface area contributed by atoms with Gasteiger partial charge in [0.2, 0.25) is 5.91 Å². The van der Waals surface area contributed by atoms with Crippen LogP contribution >= 0.6 is 0 Å². The molecule has 0 bridgehead atoms. The lowest BCUT2D eigenvalue weighted by Gasteiger charge is -2.14. The maximum atomic E-state index is 12.6. The van der Waals surface area contributed by atoms with Crippen LogP contribution in [0.15, 0.2) is 41.6 Å². The van der Waals surface area contributed by atoms with E-state index in [9.17, 15) is 14.4 Å². The van der Waals surface area contributed by atoms with Crippen LogP contribution in [0.2, 0.25) is 0 Å². The fourth-order valence-electron chi connectivity index (χ4n) is 3.42. The SMILES string of the molecule is Cn1ncc2c(=O)n(CC(=O)Nc3ccccc3C(=O)NCC3CCCO3)cnc21. The normalized spacial score (nSPS) is 16.0. The first kappa shape index (κ1) is 19.8. The van der Waals surface area contributed by atoms with Crippen molar-refractivity contribution < 1.29 is 14.3 Å². The van der Waals surface area contributed by atoms with Crippen LogP contribution < -0.4 is 16.2 Å². The lowest BCUT2D eigenvalue weighted by atomic mass is 10.1. The van der Waals surface area contributed by atoms with Gasteiger partial charge in [-0.15, -0.1) is 0 Å². The number of carbonyl (C=O) groups is 2. The minimum atomic E-state index is -0.443. The van der Waals surface area contributed by atoms with Gasteiger partial charge >= 0.3 is 0 Å². The maximum absolute atomic E-state index is 12.6. The van der Waals surface area contributed by atoms with E-state index in [1.807, 2.05) is 0 Å². The van der Waals surface area contributed by atoms with Crippen molar-refractivity contribution in [1.82, 2.24) is 24.6 Å². The first-order valence-electron chi connectivity index (χ1n) is 9.69. The minimum Gasteiger partial charge on any atom is -0.376 e. The van der Waals surface area contributed by atoms with Crippen LogP contribution in [0, 0.1) is 0 Å². The zero-order chi connectivity index (χ0) is 21.1. The molecule has 156 valence electrons. The zero-order valence-electron chi connectivity index (χ0n) is 16.5. The molecule has 1 saturated heterocycles. The molecule has 2 N–H and O–H groups in total. The van der Waals surface area contributed by atoms with E-state index in [2.05, 4.69) is 20.7 Å². The summed E-state index contributed by atoms with van der Waals surface area (Å²) in [7, 11) is 1.69. The fraction of sp³-hybridized carbons (Fsp3) is 0.350. The van der Waals surface area contributed by atoms with Gasteiger partial charge in [0.1, 0.15) is 18.3 Å². The molecular weight excluding hydrogens is 388 g/mol. The summed E-state index contributed by atoms with van der Waals surface area (Å²) in [6, 6.07) is 6.73. The standard InChI is InChI=1S/C20H22N6O4/c1-25-18-15(10-23-25)20(29)26(12-22-18)11-17(27)24-16-7-3-2-6-14(16)19(28)21-9-13-5-4-8-30-13/h2-3,6-7,10,12-13H,4-5,8-9,11H2,1H3,(H,21,28)(H,24,27). The third-order valence-electron chi connectivity index (χ3n) is 4.99. The highest BCUT2D eigenvalue weighted by molar-refractivity contribution is 6.03. The van der Waals surface area contributed by atoms with Crippen molar-refractivity contribution in [1.29, 1.82) is 0 Å². The maximum Gasteiger partial charge on any atom is 0.264 e. The van der Waals surface area contributed by atoms with E-state index in [1.165, 1.54) is 21.8 Å². The number of nitrogens with one attached hydrogen (secondary N) is 2. The van der Waals surface area contributed by atoms with Gasteiger partial charge in [0, 0.05) is 20.2 Å². The molecule has 1 fully saturated rings. The average Bonchev–Trinajstić information content (AvgIpc) is 3.39. The van der Waals surface area contributed by atoms with E-state index in [-0.39, 0.29) is 24.1 Å². The molecule has 1 atom stereocenters. The number of hydrogen-bond acceptors (Lipinski definition) is 6. The lowest BCUT2D eigenvalue weighted by molar-refractivity contribution is -0.116. The van der Waals surface area contributed by atoms with Crippen molar-refractivity contribution in [3.8, 4) is 0 Å². The Bertz CT molecular complexity index is 1150. The van der Waals surface area contributed by atoms with Crippen molar-refractivity contribution in [2.24, 2.45) is 7.05 Å². The smallest absolute Gasteiger partial charge is 0.264 e. The van der Waals surface area contributed by atoms with E-state index < -0.39 is 5.91 Å². The second-order valence-electron chi connectivity index (χ2n) is 7.12. The van der Waals surface area contributed by atoms with Gasteiger partial charge in [-0.3, -0.25) is 23.6 Å². The van der Waals surface area contributed by atoms with E-state index >= 15 is 0 Å². The molecule has 3 heterocycles. The van der Waals surface area contributed by atoms with Crippen molar-refractivity contribution >= 4 is 28.5 Å². The minimum absolute atomic E-state index is 0.0254. The molecule has 0 radical (unpaired) electrons. The highest BCUT2D eigenvalue weighted by atomic mass is 16.5. The summed E-state index contributed by atoms with van der Waals surface area (Å²) in [6.45, 7) is 0.905. The first-order valence-corrected chi connectivity index (χ1v) is 9.69. The molecule has 4 rings (SSSR count). The van der Waals surface area contributed by atoms with Crippen LogP contribution in [0.4, 0.5) is 5.69 Å². The summed E-state index contributed by atoms with van der Waals surface area (Å²) < 4.78 is 8.22. The summed E-state index contributed by atoms with van der Waals surface area (Å²) >= 11 is 0. The molecule has 10 nitrogen and oxygen atoms in total. The third-order valence-corrected chi connectivity index (χ3v) is 4.99. The van der Waals surface area contributed by atoms with Crippen LogP contribution in [-0.4, -0.2) is 50.4 Å². The van der Waals surface area contributed by atoms with Crippen molar-refractivity contribution in [3.05, 3.63) is 52.7 Å². The molecule has 1 aromatic carbocycles. The Balaban J connectivity index is 1.45. The first-order chi connectivity index (χ1) is 14.5. The van der Waals surface area contributed by atoms with E-state index in [4.69, 9.17) is 4.74 Å². The fourth-order valence-corrected chi connectivity index (χ4v) is 3.42. The molecule has 0 saturated carbocycles. The van der Waals surface area contributed by atoms with Crippen LogP contribution in [0.1, 0.15) is 23.2 Å². The number of fused-ring (bicyclic) bond motifs is 1. The number of aryl methyl sites for hydroxylation is 1. The van der Waals surface area contributed by atoms with Crippen molar-refractivity contribution in [3.63, 3.8) is 0 Å². The Morgan fingerprint density at radius 1 is 1.30 bits per heavy atom. The number of carbonyl (C=O) groups excluding carboxylic acids is 2. The Kier molecular flexibility index (Phi) is 5.57. The van der Waals surface area contributed by atoms with E-state index in [0.717, 1.165) is 12.8 Å². The van der Waals surface area contributed by atoms with Crippen LogP contribution in [0.3, 0.4) is 0 Å². The van der Waals surface area contributed by atoms with Gasteiger partial charge in [-0.1, -0.05) is 12.1 Å². The van der Waals surface area contributed by atoms with E-state index in [0.29, 0.717) is 35.4 Å². The highest BCUT2D eigenvalue weighted by Gasteiger charge is 2.19. The summed E-state index contributed by atoms with van der Waals surface area (Å²) in [5, 5.41) is 9.90. The van der Waals surface area contributed by atoms with E-state index in [1.54, 1.807) is 31.3 Å². The quantitative estimate of drug-likeness (QED) is 0.617. The second-order valence-corrected chi connectivity index (χ2v) is 7.12. The Labute approximate surface area is 171 Å². The number of para-hydroxylation sites is 1. The molecular formula is C20H22N6O4. The van der Waals surface area contributed by atoms with Gasteiger partial charge in [0.25, 0.3) is 11.5 Å². The molecule has 0 spiro atoms.